The zero-order valence-corrected chi connectivity index (χ0v) is 15.7. The van der Waals surface area contributed by atoms with Crippen molar-refractivity contribution in [2.24, 2.45) is 0 Å². The number of carbonyl (C=O) groups is 1. The number of nitro benzene ring substituents is 1. The van der Waals surface area contributed by atoms with Crippen molar-refractivity contribution in [3.63, 3.8) is 0 Å². The highest BCUT2D eigenvalue weighted by molar-refractivity contribution is 5.92. The van der Waals surface area contributed by atoms with Gasteiger partial charge in [-0.25, -0.2) is 9.48 Å². The van der Waals surface area contributed by atoms with Gasteiger partial charge in [-0.15, -0.1) is 5.10 Å². The summed E-state index contributed by atoms with van der Waals surface area (Å²) in [6, 6.07) is 14.8. The molecule has 0 bridgehead atoms. The minimum Gasteiger partial charge on any atom is -0.466 e. The van der Waals surface area contributed by atoms with Crippen molar-refractivity contribution in [1.82, 2.24) is 14.8 Å². The first-order chi connectivity index (χ1) is 14.0. The van der Waals surface area contributed by atoms with Crippen LogP contribution in [0.15, 0.2) is 65.9 Å². The van der Waals surface area contributed by atoms with Crippen LogP contribution in [-0.2, 0) is 9.53 Å². The van der Waals surface area contributed by atoms with E-state index in [0.717, 1.165) is 5.56 Å². The molecule has 0 saturated heterocycles. The Morgan fingerprint density at radius 3 is 2.66 bits per heavy atom. The number of hydrogen-bond donors (Lipinski definition) is 1. The molecule has 29 heavy (non-hydrogen) atoms. The number of carbonyl (C=O) groups excluding carboxylic acids is 1. The molecule has 0 amide bonds. The van der Waals surface area contributed by atoms with Gasteiger partial charge in [0.2, 0.25) is 5.95 Å². The van der Waals surface area contributed by atoms with Gasteiger partial charge in [0.15, 0.2) is 5.82 Å². The molecule has 0 saturated carbocycles. The Morgan fingerprint density at radius 2 is 1.97 bits per heavy atom. The maximum atomic E-state index is 12.6. The number of rotatable bonds is 4. The Bertz CT molecular complexity index is 1140. The number of non-ortho nitro benzene ring substituents is 1. The van der Waals surface area contributed by atoms with Gasteiger partial charge >= 0.3 is 5.97 Å². The van der Waals surface area contributed by atoms with Gasteiger partial charge in [0, 0.05) is 23.4 Å². The van der Waals surface area contributed by atoms with Crippen LogP contribution in [0.1, 0.15) is 18.5 Å². The summed E-state index contributed by atoms with van der Waals surface area (Å²) >= 11 is 0. The van der Waals surface area contributed by atoms with Gasteiger partial charge in [-0.1, -0.05) is 42.5 Å². The first kappa shape index (κ1) is 18.4. The minimum absolute atomic E-state index is 0.0761. The van der Waals surface area contributed by atoms with E-state index in [-0.39, 0.29) is 5.69 Å². The van der Waals surface area contributed by atoms with Gasteiger partial charge in [-0.3, -0.25) is 10.1 Å². The van der Waals surface area contributed by atoms with Crippen molar-refractivity contribution < 1.29 is 14.5 Å². The molecule has 2 heterocycles. The Hall–Kier alpha value is -4.01. The highest BCUT2D eigenvalue weighted by Gasteiger charge is 2.35. The number of anilines is 1. The number of esters is 1. The summed E-state index contributed by atoms with van der Waals surface area (Å²) in [6.45, 7) is 1.73. The van der Waals surface area contributed by atoms with Gasteiger partial charge in [0.05, 0.1) is 17.6 Å². The fourth-order valence-electron chi connectivity index (χ4n) is 3.35. The van der Waals surface area contributed by atoms with Gasteiger partial charge in [-0.05, 0) is 12.5 Å². The van der Waals surface area contributed by atoms with E-state index in [1.54, 1.807) is 23.7 Å². The van der Waals surface area contributed by atoms with E-state index in [9.17, 15) is 14.9 Å². The van der Waals surface area contributed by atoms with Crippen LogP contribution in [0.2, 0.25) is 0 Å². The average Bonchev–Trinajstić information content (AvgIpc) is 3.16. The van der Waals surface area contributed by atoms with Crippen molar-refractivity contribution in [1.29, 1.82) is 0 Å². The van der Waals surface area contributed by atoms with E-state index in [4.69, 9.17) is 4.74 Å². The van der Waals surface area contributed by atoms with Crippen LogP contribution in [0.25, 0.3) is 11.4 Å². The van der Waals surface area contributed by atoms with E-state index >= 15 is 0 Å². The molecule has 1 atom stereocenters. The number of nitrogens with zero attached hydrogens (tertiary/aromatic N) is 4. The number of nitrogens with one attached hydrogen (secondary N) is 1. The maximum Gasteiger partial charge on any atom is 0.338 e. The monoisotopic (exact) mass is 391 g/mol. The fraction of sp³-hybridized carbons (Fsp3) is 0.150. The van der Waals surface area contributed by atoms with E-state index in [2.05, 4.69) is 15.4 Å². The first-order valence-corrected chi connectivity index (χ1v) is 8.82. The summed E-state index contributed by atoms with van der Waals surface area (Å²) in [5.41, 5.74) is 2.13. The second kappa shape index (κ2) is 7.19. The molecule has 0 fully saturated rings. The predicted octanol–water partition coefficient (Wildman–Crippen LogP) is 3.32. The van der Waals surface area contributed by atoms with Crippen LogP contribution in [0, 0.1) is 10.1 Å². The van der Waals surface area contributed by atoms with Crippen LogP contribution in [0.3, 0.4) is 0 Å². The predicted molar refractivity (Wildman–Crippen MR) is 105 cm³/mol. The van der Waals surface area contributed by atoms with Gasteiger partial charge in [0.1, 0.15) is 6.04 Å². The molecular weight excluding hydrogens is 374 g/mol. The maximum absolute atomic E-state index is 12.6. The quantitative estimate of drug-likeness (QED) is 0.412. The first-order valence-electron chi connectivity index (χ1n) is 8.82. The lowest BCUT2D eigenvalue weighted by molar-refractivity contribution is -0.384. The number of benzene rings is 2. The molecule has 3 aromatic rings. The molecule has 146 valence electrons. The van der Waals surface area contributed by atoms with Gasteiger partial charge in [0.25, 0.3) is 5.69 Å². The van der Waals surface area contributed by atoms with Crippen LogP contribution in [0.5, 0.6) is 0 Å². The Morgan fingerprint density at radius 1 is 1.21 bits per heavy atom. The number of nitro groups is 1. The lowest BCUT2D eigenvalue weighted by Crippen LogP contribution is -2.29. The topological polar surface area (TPSA) is 112 Å². The molecule has 1 N–H and O–H groups in total. The van der Waals surface area contributed by atoms with E-state index < -0.39 is 16.9 Å². The SMILES string of the molecule is COC(=O)C1=C(C)Nc2nc(-c3ccccc3)nn2C1c1cccc([N+](=O)[O-])c1. The molecule has 4 rings (SSSR count). The number of hydrogen-bond acceptors (Lipinski definition) is 7. The zero-order chi connectivity index (χ0) is 20.5. The zero-order valence-electron chi connectivity index (χ0n) is 15.7. The highest BCUT2D eigenvalue weighted by atomic mass is 16.6. The van der Waals surface area contributed by atoms with Crippen molar-refractivity contribution >= 4 is 17.6 Å². The third-order valence-electron chi connectivity index (χ3n) is 4.69. The van der Waals surface area contributed by atoms with Crippen LogP contribution in [0.4, 0.5) is 11.6 Å². The minimum atomic E-state index is -0.719. The summed E-state index contributed by atoms with van der Waals surface area (Å²) in [5, 5.41) is 18.9. The summed E-state index contributed by atoms with van der Waals surface area (Å²) in [7, 11) is 1.29. The molecule has 0 spiro atoms. The number of fused-ring (bicyclic) bond motifs is 1. The van der Waals surface area contributed by atoms with E-state index in [0.29, 0.717) is 28.6 Å². The standard InChI is InChI=1S/C20H17N5O4/c1-12-16(19(26)29-2)17(14-9-6-10-15(11-14)25(27)28)24-20(21-12)22-18(23-24)13-7-4-3-5-8-13/h3-11,17H,1-2H3,(H,21,22,23). The Labute approximate surface area is 165 Å². The lowest BCUT2D eigenvalue weighted by Gasteiger charge is -2.27. The molecular formula is C20H17N5O4. The summed E-state index contributed by atoms with van der Waals surface area (Å²) in [4.78, 5) is 27.9. The van der Waals surface area contributed by atoms with E-state index in [1.807, 2.05) is 30.3 Å². The molecule has 0 aliphatic carbocycles. The Kier molecular flexibility index (Phi) is 4.55. The molecule has 1 unspecified atom stereocenters. The van der Waals surface area contributed by atoms with Crippen molar-refractivity contribution in [3.8, 4) is 11.4 Å². The van der Waals surface area contributed by atoms with Crippen LogP contribution in [-0.4, -0.2) is 32.8 Å². The molecule has 9 heteroatoms. The summed E-state index contributed by atoms with van der Waals surface area (Å²) in [6.07, 6.45) is 0. The molecule has 1 aliphatic rings. The summed E-state index contributed by atoms with van der Waals surface area (Å²) in [5.74, 6) is 0.363. The van der Waals surface area contributed by atoms with E-state index in [1.165, 1.54) is 19.2 Å². The van der Waals surface area contributed by atoms with Crippen molar-refractivity contribution in [2.75, 3.05) is 12.4 Å². The van der Waals surface area contributed by atoms with Crippen molar-refractivity contribution in [3.05, 3.63) is 81.5 Å². The van der Waals surface area contributed by atoms with Crippen molar-refractivity contribution in [2.45, 2.75) is 13.0 Å². The number of aromatic nitrogens is 3. The normalized spacial score (nSPS) is 15.4. The number of ether oxygens (including phenoxy) is 1. The number of allylic oxidation sites excluding steroid dienone is 1. The van der Waals surface area contributed by atoms with Crippen LogP contribution < -0.4 is 5.32 Å². The fourth-order valence-corrected chi connectivity index (χ4v) is 3.35. The van der Waals surface area contributed by atoms with Gasteiger partial charge < -0.3 is 10.1 Å². The lowest BCUT2D eigenvalue weighted by atomic mass is 9.95. The Balaban J connectivity index is 1.90. The van der Waals surface area contributed by atoms with Gasteiger partial charge in [-0.2, -0.15) is 4.98 Å². The number of methoxy groups -OCH3 is 1. The highest BCUT2D eigenvalue weighted by Crippen LogP contribution is 2.37. The smallest absolute Gasteiger partial charge is 0.338 e. The average molecular weight is 391 g/mol. The molecule has 1 aromatic heterocycles. The molecule has 2 aromatic carbocycles. The second-order valence-electron chi connectivity index (χ2n) is 6.48. The molecule has 9 nitrogen and oxygen atoms in total. The summed E-state index contributed by atoms with van der Waals surface area (Å²) < 4.78 is 6.52. The van der Waals surface area contributed by atoms with Crippen LogP contribution >= 0.6 is 0 Å². The second-order valence-corrected chi connectivity index (χ2v) is 6.48. The molecule has 0 radical (unpaired) electrons. The third-order valence-corrected chi connectivity index (χ3v) is 4.69. The molecule has 1 aliphatic heterocycles. The largest absolute Gasteiger partial charge is 0.466 e. The third kappa shape index (κ3) is 3.22.